The lowest BCUT2D eigenvalue weighted by atomic mass is 10.1. The second kappa shape index (κ2) is 9.21. The Labute approximate surface area is 196 Å². The van der Waals surface area contributed by atoms with Crippen LogP contribution in [0.5, 0.6) is 5.75 Å². The Morgan fingerprint density at radius 1 is 1.16 bits per heavy atom. The van der Waals surface area contributed by atoms with E-state index in [0.717, 1.165) is 37.5 Å². The highest BCUT2D eigenvalue weighted by Gasteiger charge is 2.33. The van der Waals surface area contributed by atoms with Gasteiger partial charge in [-0.3, -0.25) is 14.5 Å². The zero-order chi connectivity index (χ0) is 22.0. The zero-order valence-corrected chi connectivity index (χ0v) is 19.3. The first-order valence-corrected chi connectivity index (χ1v) is 11.3. The van der Waals surface area contributed by atoms with Crippen LogP contribution in [0.25, 0.3) is 16.8 Å². The van der Waals surface area contributed by atoms with Gasteiger partial charge >= 0.3 is 5.97 Å². The minimum atomic E-state index is -1.11. The van der Waals surface area contributed by atoms with Crippen LogP contribution in [0.2, 0.25) is 0 Å². The van der Waals surface area contributed by atoms with Crippen LogP contribution in [0, 0.1) is 0 Å². The van der Waals surface area contributed by atoms with Gasteiger partial charge in [0.1, 0.15) is 23.2 Å². The molecule has 1 aliphatic rings. The minimum Gasteiger partial charge on any atom is -0.488 e. The van der Waals surface area contributed by atoms with E-state index in [1.165, 1.54) is 0 Å². The summed E-state index contributed by atoms with van der Waals surface area (Å²) in [5.41, 5.74) is 1.75. The molecule has 31 heavy (non-hydrogen) atoms. The number of halogens is 1. The topological polar surface area (TPSA) is 66.8 Å². The molecule has 0 bridgehead atoms. The Balaban J connectivity index is 1.61. The van der Waals surface area contributed by atoms with Gasteiger partial charge in [-0.1, -0.05) is 82.4 Å². The van der Waals surface area contributed by atoms with E-state index >= 15 is 0 Å². The fourth-order valence-electron chi connectivity index (χ4n) is 3.25. The van der Waals surface area contributed by atoms with E-state index in [1.807, 2.05) is 42.5 Å². The summed E-state index contributed by atoms with van der Waals surface area (Å²) in [5.74, 6) is -0.920. The van der Waals surface area contributed by atoms with Crippen molar-refractivity contribution in [2.45, 2.75) is 6.61 Å². The third-order valence-corrected chi connectivity index (χ3v) is 6.56. The normalized spacial score (nSPS) is 15.1. The second-order valence-electron chi connectivity index (χ2n) is 6.77. The molecule has 4 rings (SSSR count). The fraction of sp³-hybridized carbons (Fsp3) is 0.0870. The predicted molar refractivity (Wildman–Crippen MR) is 130 cm³/mol. The molecule has 0 atom stereocenters. The summed E-state index contributed by atoms with van der Waals surface area (Å²) >= 11 is 9.71. The molecule has 0 radical (unpaired) electrons. The first kappa shape index (κ1) is 21.5. The molecule has 5 nitrogen and oxygen atoms in total. The molecular formula is C23H16BrNO4S2. The Morgan fingerprint density at radius 2 is 1.94 bits per heavy atom. The summed E-state index contributed by atoms with van der Waals surface area (Å²) in [6.07, 6.45) is 1.68. The number of benzene rings is 3. The van der Waals surface area contributed by atoms with Crippen LogP contribution >= 0.6 is 39.9 Å². The van der Waals surface area contributed by atoms with Crippen LogP contribution in [-0.2, 0) is 16.2 Å². The van der Waals surface area contributed by atoms with E-state index in [0.29, 0.717) is 22.8 Å². The molecule has 156 valence electrons. The van der Waals surface area contributed by atoms with Crippen LogP contribution < -0.4 is 4.74 Å². The second-order valence-corrected chi connectivity index (χ2v) is 9.36. The number of carboxylic acid groups (broad SMARTS) is 1. The molecular weight excluding hydrogens is 498 g/mol. The highest BCUT2D eigenvalue weighted by atomic mass is 79.9. The van der Waals surface area contributed by atoms with E-state index in [4.69, 9.17) is 22.1 Å². The first-order valence-electron chi connectivity index (χ1n) is 9.28. The maximum atomic E-state index is 12.6. The average molecular weight is 514 g/mol. The van der Waals surface area contributed by atoms with Crippen LogP contribution in [0.4, 0.5) is 0 Å². The van der Waals surface area contributed by atoms with Crippen LogP contribution in [-0.4, -0.2) is 32.7 Å². The van der Waals surface area contributed by atoms with Gasteiger partial charge in [0, 0.05) is 10.0 Å². The van der Waals surface area contributed by atoms with Gasteiger partial charge in [0.25, 0.3) is 5.91 Å². The summed E-state index contributed by atoms with van der Waals surface area (Å²) < 4.78 is 7.18. The lowest BCUT2D eigenvalue weighted by molar-refractivity contribution is -0.140. The number of carbonyl (C=O) groups is 2. The number of aliphatic carboxylic acids is 1. The van der Waals surface area contributed by atoms with Crippen molar-refractivity contribution in [2.75, 3.05) is 6.54 Å². The quantitative estimate of drug-likeness (QED) is 0.348. The predicted octanol–water partition coefficient (Wildman–Crippen LogP) is 5.47. The molecule has 1 heterocycles. The Kier molecular flexibility index (Phi) is 6.41. The van der Waals surface area contributed by atoms with Crippen molar-refractivity contribution in [3.63, 3.8) is 0 Å². The number of carbonyl (C=O) groups excluding carboxylic acids is 1. The molecule has 3 aromatic carbocycles. The largest absolute Gasteiger partial charge is 0.488 e. The first-order chi connectivity index (χ1) is 14.9. The summed E-state index contributed by atoms with van der Waals surface area (Å²) in [6, 6.07) is 19.7. The lowest BCUT2D eigenvalue weighted by Crippen LogP contribution is -2.33. The van der Waals surface area contributed by atoms with Crippen molar-refractivity contribution < 1.29 is 19.4 Å². The van der Waals surface area contributed by atoms with Crippen LogP contribution in [0.3, 0.4) is 0 Å². The monoisotopic (exact) mass is 513 g/mol. The molecule has 0 aromatic heterocycles. The van der Waals surface area contributed by atoms with Gasteiger partial charge in [0.05, 0.1) is 4.91 Å². The molecule has 0 aliphatic carbocycles. The molecule has 1 aliphatic heterocycles. The van der Waals surface area contributed by atoms with Gasteiger partial charge in [0.2, 0.25) is 0 Å². The minimum absolute atomic E-state index is 0.229. The van der Waals surface area contributed by atoms with Crippen molar-refractivity contribution in [3.8, 4) is 5.75 Å². The standard InChI is InChI=1S/C23H16BrNO4S2/c24-17-8-9-19(29-13-15-6-3-5-14-4-1-2-7-18(14)15)16(10-17)11-20-22(28)25(12-21(26)27)23(30)31-20/h1-11H,12-13H2,(H,26,27)/b20-11+. The number of nitrogens with zero attached hydrogens (tertiary/aromatic N) is 1. The molecule has 0 unspecified atom stereocenters. The van der Waals surface area contributed by atoms with Crippen molar-refractivity contribution in [1.82, 2.24) is 4.90 Å². The van der Waals surface area contributed by atoms with Crippen molar-refractivity contribution >= 4 is 73.0 Å². The Morgan fingerprint density at radius 3 is 2.74 bits per heavy atom. The number of thioether (sulfide) groups is 1. The van der Waals surface area contributed by atoms with Gasteiger partial charge in [0.15, 0.2) is 0 Å². The third-order valence-electron chi connectivity index (χ3n) is 4.69. The summed E-state index contributed by atoms with van der Waals surface area (Å²) in [7, 11) is 0. The molecule has 8 heteroatoms. The Hall–Kier alpha value is -2.68. The molecule has 1 amide bonds. The number of hydrogen-bond acceptors (Lipinski definition) is 5. The summed E-state index contributed by atoms with van der Waals surface area (Å²) in [5, 5.41) is 11.3. The van der Waals surface area contributed by atoms with E-state index in [9.17, 15) is 9.59 Å². The number of ether oxygens (including phenoxy) is 1. The molecule has 0 saturated carbocycles. The average Bonchev–Trinajstić information content (AvgIpc) is 3.00. The van der Waals surface area contributed by atoms with Gasteiger partial charge in [-0.15, -0.1) is 0 Å². The van der Waals surface area contributed by atoms with Gasteiger partial charge in [-0.2, -0.15) is 0 Å². The maximum absolute atomic E-state index is 12.6. The van der Waals surface area contributed by atoms with E-state index in [-0.39, 0.29) is 4.32 Å². The van der Waals surface area contributed by atoms with Crippen molar-refractivity contribution in [3.05, 3.63) is 81.2 Å². The van der Waals surface area contributed by atoms with E-state index in [1.54, 1.807) is 6.08 Å². The SMILES string of the molecule is O=C(O)CN1C(=O)/C(=C\c2cc(Br)ccc2OCc2cccc3ccccc23)SC1=S. The van der Waals surface area contributed by atoms with E-state index < -0.39 is 18.4 Å². The zero-order valence-electron chi connectivity index (χ0n) is 16.1. The molecule has 0 spiro atoms. The summed E-state index contributed by atoms with van der Waals surface area (Å²) in [6.45, 7) is -0.0886. The van der Waals surface area contributed by atoms with Crippen LogP contribution in [0.15, 0.2) is 70.0 Å². The highest BCUT2D eigenvalue weighted by molar-refractivity contribution is 9.10. The lowest BCUT2D eigenvalue weighted by Gasteiger charge is -2.12. The van der Waals surface area contributed by atoms with Crippen LogP contribution in [0.1, 0.15) is 11.1 Å². The number of hydrogen-bond donors (Lipinski definition) is 1. The highest BCUT2D eigenvalue weighted by Crippen LogP contribution is 2.35. The van der Waals surface area contributed by atoms with E-state index in [2.05, 4.69) is 34.1 Å². The van der Waals surface area contributed by atoms with Gasteiger partial charge in [-0.05, 0) is 40.6 Å². The van der Waals surface area contributed by atoms with Crippen molar-refractivity contribution in [2.24, 2.45) is 0 Å². The number of fused-ring (bicyclic) bond motifs is 1. The number of carboxylic acids is 1. The molecule has 3 aromatic rings. The maximum Gasteiger partial charge on any atom is 0.323 e. The smallest absolute Gasteiger partial charge is 0.323 e. The summed E-state index contributed by atoms with van der Waals surface area (Å²) in [4.78, 5) is 25.1. The number of amides is 1. The molecule has 1 saturated heterocycles. The number of thiocarbonyl (C=S) groups is 1. The molecule has 1 fully saturated rings. The molecule has 1 N–H and O–H groups in total. The van der Waals surface area contributed by atoms with Gasteiger partial charge in [-0.25, -0.2) is 0 Å². The third kappa shape index (κ3) is 4.81. The van der Waals surface area contributed by atoms with Crippen molar-refractivity contribution in [1.29, 1.82) is 0 Å². The fourth-order valence-corrected chi connectivity index (χ4v) is 4.87. The number of rotatable bonds is 6. The Bertz CT molecular complexity index is 1240. The van der Waals surface area contributed by atoms with Gasteiger partial charge < -0.3 is 9.84 Å².